The molecule has 2 heterocycles. The van der Waals surface area contributed by atoms with Crippen molar-refractivity contribution in [2.45, 2.75) is 132 Å². The van der Waals surface area contributed by atoms with Gasteiger partial charge in [-0.15, -0.1) is 0 Å². The Balaban J connectivity index is 1.83. The first-order valence-corrected chi connectivity index (χ1v) is 26.3. The summed E-state index contributed by atoms with van der Waals surface area (Å²) >= 11 is 0. The minimum atomic E-state index is -1.83. The van der Waals surface area contributed by atoms with Gasteiger partial charge in [0, 0.05) is 49.7 Å². The third kappa shape index (κ3) is 21.4. The van der Waals surface area contributed by atoms with E-state index in [0.29, 0.717) is 44.2 Å². The molecule has 0 radical (unpaired) electrons. The molecule has 0 spiro atoms. The fraction of sp³-hybridized carbons (Fsp3) is 0.592. The van der Waals surface area contributed by atoms with E-state index >= 15 is 0 Å². The molecule has 9 atom stereocenters. The Morgan fingerprint density at radius 2 is 1.34 bits per heavy atom. The number of aromatic amines is 1. The summed E-state index contributed by atoms with van der Waals surface area (Å²) in [6, 6.07) is -2.53. The van der Waals surface area contributed by atoms with Gasteiger partial charge in [-0.25, -0.2) is 4.79 Å². The minimum absolute atomic E-state index is 0.00800. The predicted molar refractivity (Wildman–Crippen MR) is 291 cm³/mol. The van der Waals surface area contributed by atoms with Crippen molar-refractivity contribution < 1.29 is 58.5 Å². The van der Waals surface area contributed by atoms with Crippen LogP contribution in [0.4, 0.5) is 0 Å². The number of aliphatic imine (C=N–C) groups is 1. The van der Waals surface area contributed by atoms with Gasteiger partial charge in [0.1, 0.15) is 41.9 Å². The van der Waals surface area contributed by atoms with E-state index in [4.69, 9.17) is 45.9 Å². The van der Waals surface area contributed by atoms with E-state index in [0.717, 1.165) is 10.9 Å². The molecule has 1 aliphatic heterocycles. The largest absolute Gasteiger partial charge is 0.477 e. The van der Waals surface area contributed by atoms with E-state index in [1.54, 1.807) is 18.3 Å². The third-order valence-corrected chi connectivity index (χ3v) is 12.9. The highest BCUT2D eigenvalue weighted by atomic mass is 16.4. The fourth-order valence-electron chi connectivity index (χ4n) is 8.54. The third-order valence-electron chi connectivity index (χ3n) is 12.9. The number of para-hydroxylation sites is 1. The maximum absolute atomic E-state index is 14.4. The Kier molecular flexibility index (Phi) is 28.8. The van der Waals surface area contributed by atoms with Crippen LogP contribution in [0.25, 0.3) is 10.9 Å². The number of unbranched alkanes of at least 4 members (excludes halogenated alkanes) is 2. The van der Waals surface area contributed by atoms with Crippen LogP contribution < -0.4 is 83.1 Å². The molecule has 1 aromatic carbocycles. The summed E-state index contributed by atoms with van der Waals surface area (Å²) in [6.45, 7) is -1.04. The summed E-state index contributed by atoms with van der Waals surface area (Å²) < 4.78 is 0. The second-order valence-electron chi connectivity index (χ2n) is 18.9. The van der Waals surface area contributed by atoms with Gasteiger partial charge in [0.25, 0.3) is 0 Å². The monoisotopic (exact) mass is 1110 g/mol. The summed E-state index contributed by atoms with van der Waals surface area (Å²) in [6.07, 6.45) is 2.29. The number of rotatable bonds is 36. The van der Waals surface area contributed by atoms with Crippen molar-refractivity contribution in [3.8, 4) is 0 Å². The second kappa shape index (κ2) is 34.5. The lowest BCUT2D eigenvalue weighted by molar-refractivity contribution is -0.142. The van der Waals surface area contributed by atoms with Crippen molar-refractivity contribution in [2.24, 2.45) is 50.9 Å². The average Bonchev–Trinajstić information content (AvgIpc) is 4.15. The first kappa shape index (κ1) is 66.0. The fourth-order valence-corrected chi connectivity index (χ4v) is 8.54. The molecule has 27 N–H and O–H groups in total. The van der Waals surface area contributed by atoms with Crippen LogP contribution in [0.3, 0.4) is 0 Å². The molecule has 79 heavy (non-hydrogen) atoms. The predicted octanol–water partition coefficient (Wildman–Crippen LogP) is -7.05. The number of nitrogens with zero attached hydrogens (tertiary/aromatic N) is 2. The molecule has 1 fully saturated rings. The zero-order valence-electron chi connectivity index (χ0n) is 44.3. The number of carbonyl (C=O) groups excluding carboxylic acids is 8. The van der Waals surface area contributed by atoms with Crippen molar-refractivity contribution in [1.82, 2.24) is 47.1 Å². The van der Waals surface area contributed by atoms with Gasteiger partial charge in [-0.05, 0) is 95.5 Å². The Hall–Kier alpha value is -7.32. The van der Waals surface area contributed by atoms with E-state index < -0.39 is 133 Å². The summed E-state index contributed by atoms with van der Waals surface area (Å²) in [4.78, 5) is 130. The maximum atomic E-state index is 14.4. The van der Waals surface area contributed by atoms with Gasteiger partial charge >= 0.3 is 5.97 Å². The van der Waals surface area contributed by atoms with Crippen LogP contribution >= 0.6 is 0 Å². The molecule has 0 unspecified atom stereocenters. The minimum Gasteiger partial charge on any atom is -0.477 e. The van der Waals surface area contributed by atoms with Crippen molar-refractivity contribution >= 4 is 70.1 Å². The summed E-state index contributed by atoms with van der Waals surface area (Å²) in [7, 11) is 0. The number of H-pyrrole nitrogens is 1. The van der Waals surface area contributed by atoms with Crippen LogP contribution in [0.2, 0.25) is 0 Å². The number of amides is 8. The molecule has 440 valence electrons. The van der Waals surface area contributed by atoms with Crippen LogP contribution in [-0.2, 0) is 49.6 Å². The summed E-state index contributed by atoms with van der Waals surface area (Å²) in [5.74, 6) is -8.71. The Morgan fingerprint density at radius 1 is 0.722 bits per heavy atom. The lowest BCUT2D eigenvalue weighted by atomic mass is 10.0. The SMILES string of the molecule is NCCCC[C@H](NC(=O)[C@H](Cc1c[nH]c2ccccc12)NC(=O)[C@@H]1CCCN1C(=O)[C@@H](CCCN)NC(=O)CNC(=O)[C@@H](NC(=O)[C@@H](NC(=O)[C@@H](N)CCCCN)[C@@H](O)CN)[C@@H](O)CN)C(=O)N/C(=C\CCN=C(N)N)C(=O)O. The van der Waals surface area contributed by atoms with Gasteiger partial charge in [0.2, 0.25) is 47.3 Å². The van der Waals surface area contributed by atoms with Crippen LogP contribution in [0, 0.1) is 0 Å². The molecule has 0 saturated carbocycles. The number of nitrogens with one attached hydrogen (secondary N) is 8. The van der Waals surface area contributed by atoms with Crippen LogP contribution in [-0.4, -0.2) is 191 Å². The molecule has 1 saturated heterocycles. The quantitative estimate of drug-likeness (QED) is 0.0130. The second-order valence-corrected chi connectivity index (χ2v) is 18.9. The molecule has 30 heteroatoms. The lowest BCUT2D eigenvalue weighted by Gasteiger charge is -2.30. The van der Waals surface area contributed by atoms with Gasteiger partial charge in [0.05, 0.1) is 24.8 Å². The zero-order chi connectivity index (χ0) is 58.6. The highest BCUT2D eigenvalue weighted by molar-refractivity contribution is 5.99. The molecule has 0 aliphatic carbocycles. The number of carboxylic acids is 1. The molecule has 1 aromatic heterocycles. The number of guanidine groups is 1. The number of likely N-dealkylation sites (tertiary alicyclic amines) is 1. The molecular weight excluding hydrogens is 1030 g/mol. The summed E-state index contributed by atoms with van der Waals surface area (Å²) in [5, 5.41) is 49.0. The molecule has 2 aromatic rings. The first-order valence-electron chi connectivity index (χ1n) is 26.3. The number of benzene rings is 1. The molecule has 1 aliphatic rings. The molecule has 0 bridgehead atoms. The zero-order valence-corrected chi connectivity index (χ0v) is 44.3. The van der Waals surface area contributed by atoms with Gasteiger partial charge < -0.3 is 108 Å². The Morgan fingerprint density at radius 3 is 1.97 bits per heavy atom. The van der Waals surface area contributed by atoms with Crippen LogP contribution in [0.5, 0.6) is 0 Å². The highest BCUT2D eigenvalue weighted by Crippen LogP contribution is 2.22. The number of hydrogen-bond acceptors (Lipinski definition) is 18. The lowest BCUT2D eigenvalue weighted by Crippen LogP contribution is -2.63. The number of aromatic nitrogens is 1. The van der Waals surface area contributed by atoms with Gasteiger partial charge in [-0.2, -0.15) is 0 Å². The van der Waals surface area contributed by atoms with E-state index in [1.807, 2.05) is 12.1 Å². The molecule has 3 rings (SSSR count). The normalized spacial score (nSPS) is 16.4. The van der Waals surface area contributed by atoms with Crippen LogP contribution in [0.15, 0.2) is 47.2 Å². The number of nitrogens with two attached hydrogens (primary N) is 8. The van der Waals surface area contributed by atoms with Crippen LogP contribution in [0.1, 0.15) is 76.2 Å². The van der Waals surface area contributed by atoms with E-state index in [1.165, 1.54) is 11.0 Å². The number of fused-ring (bicyclic) bond motifs is 1. The topological polar surface area (TPSA) is 538 Å². The number of carbonyl (C=O) groups is 9. The number of aliphatic carboxylic acids is 1. The smallest absolute Gasteiger partial charge is 0.352 e. The van der Waals surface area contributed by atoms with Crippen molar-refractivity contribution in [2.75, 3.05) is 52.4 Å². The number of hydrogen-bond donors (Lipinski definition) is 19. The average molecular weight is 1120 g/mol. The first-order chi connectivity index (χ1) is 37.7. The molecule has 8 amide bonds. The van der Waals surface area contributed by atoms with Gasteiger partial charge in [-0.1, -0.05) is 30.7 Å². The number of aliphatic hydroxyl groups excluding tert-OH is 2. The Labute approximate surface area is 457 Å². The van der Waals surface area contributed by atoms with Crippen molar-refractivity contribution in [3.05, 3.63) is 47.8 Å². The Bertz CT molecular complexity index is 2420. The van der Waals surface area contributed by atoms with E-state index in [2.05, 4.69) is 47.2 Å². The van der Waals surface area contributed by atoms with Crippen molar-refractivity contribution in [3.63, 3.8) is 0 Å². The standard InChI is InChI=1S/C49H82N18O12/c50-17-5-3-11-29(55)41(71)65-40(37(69)24-54)46(76)66-39(36(68)23-53)45(75)60-26-38(70)61-32(14-7-19-52)47(77)67-21-9-16-35(67)44(74)64-34(22-27-25-59-30-12-2-1-10-28(27)30)43(73)62-31(13-4-6-18-51)42(72)63-33(48(78)79)15-8-20-58-49(56)57/h1-2,10,12,15,25,29,31-32,34-37,39-40,59,68-69H,3-9,11,13-14,16-24,26,50-55H2,(H,60,75)(H,61,70)(H,62,73)(H,63,72)(H,64,74)(H,65,71)(H,66,76)(H,78,79)(H4,56,57,58)/b33-15-/t29-,31-,32+,34-,35-,36-,37-,39-,40-/m0/s1. The summed E-state index contributed by atoms with van der Waals surface area (Å²) in [5.41, 5.74) is 45.8. The van der Waals surface area contributed by atoms with Crippen molar-refractivity contribution in [1.29, 1.82) is 0 Å². The highest BCUT2D eigenvalue weighted by Gasteiger charge is 2.40. The molecular formula is C49H82N18O12. The van der Waals surface area contributed by atoms with E-state index in [9.17, 15) is 58.5 Å². The number of aliphatic hydroxyl groups is 2. The molecule has 30 nitrogen and oxygen atoms in total. The maximum Gasteiger partial charge on any atom is 0.352 e. The van der Waals surface area contributed by atoms with Gasteiger partial charge in [0.15, 0.2) is 5.96 Å². The van der Waals surface area contributed by atoms with E-state index in [-0.39, 0.29) is 77.1 Å². The number of carboxylic acid groups (broad SMARTS) is 1. The van der Waals surface area contributed by atoms with Gasteiger partial charge in [-0.3, -0.25) is 43.3 Å².